The molecule has 8 nitrogen and oxygen atoms in total. The minimum absolute atomic E-state index is 0.0944. The van der Waals surface area contributed by atoms with E-state index in [9.17, 15) is 19.5 Å². The van der Waals surface area contributed by atoms with Gasteiger partial charge in [-0.05, 0) is 36.8 Å². The van der Waals surface area contributed by atoms with Crippen LogP contribution in [0.2, 0.25) is 10.0 Å². The van der Waals surface area contributed by atoms with Crippen molar-refractivity contribution >= 4 is 58.8 Å². The highest BCUT2D eigenvalue weighted by atomic mass is 35.5. The van der Waals surface area contributed by atoms with Crippen LogP contribution in [0.15, 0.2) is 35.6 Å². The fraction of sp³-hybridized carbons (Fsp3) is 0.364. The number of carboxylic acids is 1. The number of nitrogens with zero attached hydrogens (tertiary/aromatic N) is 2. The van der Waals surface area contributed by atoms with Crippen molar-refractivity contribution in [2.24, 2.45) is 5.92 Å². The quantitative estimate of drug-likeness (QED) is 0.369. The summed E-state index contributed by atoms with van der Waals surface area (Å²) in [6.45, 7) is 0.802. The number of amides is 2. The van der Waals surface area contributed by atoms with Crippen molar-refractivity contribution in [2.45, 2.75) is 30.2 Å². The zero-order valence-electron chi connectivity index (χ0n) is 17.9. The summed E-state index contributed by atoms with van der Waals surface area (Å²) in [6.07, 6.45) is 9.03. The number of carboxylic acid groups (broad SMARTS) is 1. The number of benzene rings is 1. The first-order valence-corrected chi connectivity index (χ1v) is 12.3. The van der Waals surface area contributed by atoms with E-state index in [1.807, 2.05) is 18.4 Å². The van der Waals surface area contributed by atoms with Crippen LogP contribution >= 0.6 is 35.0 Å². The molecule has 0 radical (unpaired) electrons. The Balaban J connectivity index is 1.53. The lowest BCUT2D eigenvalue weighted by molar-refractivity contribution is -0.142. The predicted molar refractivity (Wildman–Crippen MR) is 128 cm³/mol. The maximum Gasteiger partial charge on any atom is 0.326 e. The number of halogens is 2. The third-order valence-electron chi connectivity index (χ3n) is 5.46. The molecule has 1 aliphatic rings. The number of nitrogens with one attached hydrogen (secondary N) is 2. The van der Waals surface area contributed by atoms with Crippen molar-refractivity contribution in [1.29, 1.82) is 0 Å². The Labute approximate surface area is 205 Å². The number of aromatic amines is 1. The number of hydrogen-bond donors (Lipinski definition) is 3. The van der Waals surface area contributed by atoms with Gasteiger partial charge in [-0.2, -0.15) is 0 Å². The fourth-order valence-electron chi connectivity index (χ4n) is 3.56. The Bertz CT molecular complexity index is 1040. The van der Waals surface area contributed by atoms with Gasteiger partial charge < -0.3 is 20.3 Å². The van der Waals surface area contributed by atoms with Crippen molar-refractivity contribution in [3.8, 4) is 0 Å². The second-order valence-electron chi connectivity index (χ2n) is 7.58. The highest BCUT2D eigenvalue weighted by Gasteiger charge is 2.30. The monoisotopic (exact) mass is 510 g/mol. The molecule has 0 spiro atoms. The molecule has 1 saturated heterocycles. The summed E-state index contributed by atoms with van der Waals surface area (Å²) in [6, 6.07) is 2.60. The highest BCUT2D eigenvalue weighted by molar-refractivity contribution is 7.98. The summed E-state index contributed by atoms with van der Waals surface area (Å²) in [5, 5.41) is 12.9. The molecule has 1 aromatic heterocycles. The zero-order valence-corrected chi connectivity index (χ0v) is 20.2. The Hall–Kier alpha value is -2.49. The summed E-state index contributed by atoms with van der Waals surface area (Å²) >= 11 is 14.0. The van der Waals surface area contributed by atoms with Crippen molar-refractivity contribution in [3.05, 3.63) is 52.0 Å². The molecule has 2 aromatic rings. The number of imidazole rings is 1. The van der Waals surface area contributed by atoms with Crippen LogP contribution in [0.4, 0.5) is 0 Å². The third kappa shape index (κ3) is 6.52. The van der Waals surface area contributed by atoms with Gasteiger partial charge in [0.15, 0.2) is 0 Å². The molecule has 1 aromatic carbocycles. The van der Waals surface area contributed by atoms with Gasteiger partial charge in [0.05, 0.1) is 22.1 Å². The molecule has 0 unspecified atom stereocenters. The number of carbonyl (C=O) groups is 3. The Morgan fingerprint density at radius 1 is 1.30 bits per heavy atom. The van der Waals surface area contributed by atoms with Crippen LogP contribution in [0, 0.1) is 5.92 Å². The van der Waals surface area contributed by atoms with Gasteiger partial charge in [0.2, 0.25) is 11.8 Å². The summed E-state index contributed by atoms with van der Waals surface area (Å²) in [5.74, 6) is -1.98. The van der Waals surface area contributed by atoms with Gasteiger partial charge in [-0.25, -0.2) is 9.78 Å². The van der Waals surface area contributed by atoms with E-state index in [1.54, 1.807) is 17.2 Å². The van der Waals surface area contributed by atoms with Crippen LogP contribution in [0.3, 0.4) is 0 Å². The lowest BCUT2D eigenvalue weighted by Crippen LogP contribution is -2.48. The topological polar surface area (TPSA) is 115 Å². The third-order valence-corrected chi connectivity index (χ3v) is 7.25. The number of rotatable bonds is 8. The molecule has 33 heavy (non-hydrogen) atoms. The number of aromatic nitrogens is 2. The Morgan fingerprint density at radius 2 is 2.03 bits per heavy atom. The van der Waals surface area contributed by atoms with E-state index in [0.717, 1.165) is 4.90 Å². The highest BCUT2D eigenvalue weighted by Crippen LogP contribution is 2.35. The van der Waals surface area contributed by atoms with Crippen LogP contribution in [0.25, 0.3) is 6.08 Å². The lowest BCUT2D eigenvalue weighted by atomic mass is 9.95. The van der Waals surface area contributed by atoms with Gasteiger partial charge in [-0.15, -0.1) is 11.8 Å². The van der Waals surface area contributed by atoms with E-state index in [-0.39, 0.29) is 24.2 Å². The fourth-order valence-corrected chi connectivity index (χ4v) is 4.74. The van der Waals surface area contributed by atoms with Crippen LogP contribution in [0.1, 0.15) is 24.1 Å². The van der Waals surface area contributed by atoms with E-state index >= 15 is 0 Å². The van der Waals surface area contributed by atoms with Crippen molar-refractivity contribution in [1.82, 2.24) is 20.2 Å². The van der Waals surface area contributed by atoms with E-state index in [2.05, 4.69) is 15.3 Å². The molecule has 0 bridgehead atoms. The zero-order chi connectivity index (χ0) is 24.0. The van der Waals surface area contributed by atoms with Gasteiger partial charge in [-0.1, -0.05) is 29.3 Å². The molecule has 1 fully saturated rings. The summed E-state index contributed by atoms with van der Waals surface area (Å²) in [5.41, 5.74) is 1.21. The second-order valence-corrected chi connectivity index (χ2v) is 9.19. The number of piperidine rings is 1. The maximum atomic E-state index is 12.6. The summed E-state index contributed by atoms with van der Waals surface area (Å²) in [7, 11) is 0. The standard InChI is InChI=1S/C22H24Cl2N4O4S/c1-33-17-4-2-13(19(23)20(17)24)3-5-18(29)28-8-6-14(7-9-28)21(30)27-16(22(31)32)10-15-11-25-12-26-15/h2-5,11-12,14,16H,6-10H2,1H3,(H,25,26)(H,27,30)(H,31,32)/b5-3+/t16-/m0/s1. The largest absolute Gasteiger partial charge is 0.480 e. The van der Waals surface area contributed by atoms with E-state index in [0.29, 0.717) is 47.2 Å². The first-order chi connectivity index (χ1) is 15.8. The van der Waals surface area contributed by atoms with Gasteiger partial charge in [0, 0.05) is 42.6 Å². The molecule has 11 heteroatoms. The van der Waals surface area contributed by atoms with Crippen LogP contribution in [0.5, 0.6) is 0 Å². The smallest absolute Gasteiger partial charge is 0.326 e. The number of carbonyl (C=O) groups excluding carboxylic acids is 2. The molecule has 0 aliphatic carbocycles. The SMILES string of the molecule is CSc1ccc(/C=C/C(=O)N2CCC(C(=O)N[C@@H](Cc3c[nH]cn3)C(=O)O)CC2)c(Cl)c1Cl. The molecular formula is C22H24Cl2N4O4S. The maximum absolute atomic E-state index is 12.6. The number of thioether (sulfide) groups is 1. The molecule has 2 amide bonds. The van der Waals surface area contributed by atoms with E-state index in [4.69, 9.17) is 23.2 Å². The Kier molecular flexibility index (Phi) is 8.82. The first kappa shape index (κ1) is 25.1. The second kappa shape index (κ2) is 11.6. The minimum atomic E-state index is -1.12. The average molecular weight is 511 g/mol. The number of likely N-dealkylation sites (tertiary alicyclic amines) is 1. The predicted octanol–water partition coefficient (Wildman–Crippen LogP) is 3.50. The van der Waals surface area contributed by atoms with Gasteiger partial charge in [0.1, 0.15) is 6.04 Å². The van der Waals surface area contributed by atoms with Crippen molar-refractivity contribution < 1.29 is 19.5 Å². The number of hydrogen-bond acceptors (Lipinski definition) is 5. The number of aliphatic carboxylic acids is 1. The van der Waals surface area contributed by atoms with Crippen molar-refractivity contribution in [2.75, 3.05) is 19.3 Å². The summed E-state index contributed by atoms with van der Waals surface area (Å²) < 4.78 is 0. The molecule has 1 atom stereocenters. The first-order valence-electron chi connectivity index (χ1n) is 10.3. The van der Waals surface area contributed by atoms with Crippen LogP contribution in [-0.4, -0.2) is 63.1 Å². The lowest BCUT2D eigenvalue weighted by Gasteiger charge is -2.31. The van der Waals surface area contributed by atoms with E-state index < -0.39 is 12.0 Å². The van der Waals surface area contributed by atoms with Crippen molar-refractivity contribution in [3.63, 3.8) is 0 Å². The van der Waals surface area contributed by atoms with E-state index in [1.165, 1.54) is 24.2 Å². The molecule has 3 N–H and O–H groups in total. The minimum Gasteiger partial charge on any atom is -0.480 e. The molecular weight excluding hydrogens is 487 g/mol. The van der Waals surface area contributed by atoms with Gasteiger partial charge in [0.25, 0.3) is 0 Å². The molecule has 176 valence electrons. The number of H-pyrrole nitrogens is 1. The average Bonchev–Trinajstić information content (AvgIpc) is 3.32. The summed E-state index contributed by atoms with van der Waals surface area (Å²) in [4.78, 5) is 46.0. The molecule has 1 aliphatic heterocycles. The van der Waals surface area contributed by atoms with Gasteiger partial charge in [-0.3, -0.25) is 9.59 Å². The van der Waals surface area contributed by atoms with Gasteiger partial charge >= 0.3 is 5.97 Å². The Morgan fingerprint density at radius 3 is 2.64 bits per heavy atom. The molecule has 0 saturated carbocycles. The van der Waals surface area contributed by atoms with Crippen LogP contribution < -0.4 is 5.32 Å². The molecule has 3 rings (SSSR count). The van der Waals surface area contributed by atoms with Crippen LogP contribution in [-0.2, 0) is 20.8 Å². The molecule has 2 heterocycles. The normalized spacial score (nSPS) is 15.5.